The number of hydrogen-bond acceptors (Lipinski definition) is 4. The first kappa shape index (κ1) is 10.3. The van der Waals surface area contributed by atoms with E-state index >= 15 is 0 Å². The molecule has 0 saturated carbocycles. The first-order valence-electron chi connectivity index (χ1n) is 4.48. The van der Waals surface area contributed by atoms with Crippen LogP contribution in [0.2, 0.25) is 0 Å². The normalized spacial score (nSPS) is 15.6. The van der Waals surface area contributed by atoms with Crippen LogP contribution < -0.4 is 14.8 Å². The number of ether oxygens (including phenoxy) is 1. The summed E-state index contributed by atoms with van der Waals surface area (Å²) < 4.78 is 28.0. The molecule has 1 aliphatic heterocycles. The van der Waals surface area contributed by atoms with Crippen LogP contribution in [0.3, 0.4) is 0 Å². The Bertz CT molecular complexity index is 422. The van der Waals surface area contributed by atoms with Crippen LogP contribution in [-0.4, -0.2) is 22.4 Å². The van der Waals surface area contributed by atoms with Gasteiger partial charge in [-0.1, -0.05) is 0 Å². The molecule has 1 aromatic rings. The predicted octanol–water partition coefficient (Wildman–Crippen LogP) is 0.434. The fourth-order valence-electron chi connectivity index (χ4n) is 1.58. The molecule has 0 aliphatic carbocycles. The van der Waals surface area contributed by atoms with Crippen molar-refractivity contribution in [3.63, 3.8) is 0 Å². The summed E-state index contributed by atoms with van der Waals surface area (Å²) in [4.78, 5) is 0. The highest BCUT2D eigenvalue weighted by molar-refractivity contribution is 7.80. The van der Waals surface area contributed by atoms with E-state index < -0.39 is 11.3 Å². The van der Waals surface area contributed by atoms with Gasteiger partial charge in [0.15, 0.2) is 0 Å². The first-order chi connectivity index (χ1) is 7.09. The Morgan fingerprint density at radius 3 is 3.00 bits per heavy atom. The Morgan fingerprint density at radius 1 is 1.60 bits per heavy atom. The Morgan fingerprint density at radius 2 is 2.33 bits per heavy atom. The quantitative estimate of drug-likeness (QED) is 0.587. The topological polar surface area (TPSA) is 78.6 Å². The predicted molar refractivity (Wildman–Crippen MR) is 57.4 cm³/mol. The Hall–Kier alpha value is -1.27. The van der Waals surface area contributed by atoms with Crippen molar-refractivity contribution in [2.75, 3.05) is 23.7 Å². The molecule has 2 rings (SSSR count). The van der Waals surface area contributed by atoms with Gasteiger partial charge in [0.1, 0.15) is 5.75 Å². The number of benzene rings is 1. The molecule has 1 aromatic carbocycles. The molecule has 0 fully saturated rings. The average Bonchev–Trinajstić information content (AvgIpc) is 2.62. The molecular weight excluding hydrogens is 216 g/mol. The summed E-state index contributed by atoms with van der Waals surface area (Å²) in [5.41, 5.74) is 7.63. The molecule has 6 heteroatoms. The third-order valence-electron chi connectivity index (χ3n) is 2.40. The van der Waals surface area contributed by atoms with Crippen molar-refractivity contribution in [3.8, 4) is 5.75 Å². The van der Waals surface area contributed by atoms with Crippen LogP contribution in [0, 0.1) is 0 Å². The lowest BCUT2D eigenvalue weighted by Gasteiger charge is -2.23. The molecule has 2 N–H and O–H groups in total. The van der Waals surface area contributed by atoms with Gasteiger partial charge in [-0.25, -0.2) is 0 Å². The summed E-state index contributed by atoms with van der Waals surface area (Å²) in [5, 5.41) is 0. The summed E-state index contributed by atoms with van der Waals surface area (Å²) in [5.74, 6) is 0.751. The number of nitrogens with zero attached hydrogens (tertiary/aromatic N) is 1. The number of nitrogens with two attached hydrogens (primary N) is 1. The van der Waals surface area contributed by atoms with Crippen molar-refractivity contribution in [2.45, 2.75) is 6.42 Å². The van der Waals surface area contributed by atoms with Crippen molar-refractivity contribution in [3.05, 3.63) is 17.7 Å². The lowest BCUT2D eigenvalue weighted by molar-refractivity contribution is 0.357. The molecule has 5 nitrogen and oxygen atoms in total. The second-order valence-electron chi connectivity index (χ2n) is 3.33. The summed E-state index contributed by atoms with van der Waals surface area (Å²) in [6, 6.07) is 3.43. The van der Waals surface area contributed by atoms with Crippen LogP contribution in [0.15, 0.2) is 12.1 Å². The van der Waals surface area contributed by atoms with Crippen LogP contribution in [0.25, 0.3) is 0 Å². The van der Waals surface area contributed by atoms with Crippen LogP contribution >= 0.6 is 0 Å². The second-order valence-corrected chi connectivity index (χ2v) is 4.31. The van der Waals surface area contributed by atoms with E-state index in [0.29, 0.717) is 18.0 Å². The van der Waals surface area contributed by atoms with Gasteiger partial charge in [-0.3, -0.25) is 4.21 Å². The number of fused-ring (bicyclic) bond motifs is 1. The van der Waals surface area contributed by atoms with Crippen molar-refractivity contribution >= 4 is 22.6 Å². The van der Waals surface area contributed by atoms with E-state index in [1.165, 1.54) is 7.05 Å². The van der Waals surface area contributed by atoms with Crippen molar-refractivity contribution < 1.29 is 13.5 Å². The van der Waals surface area contributed by atoms with Gasteiger partial charge in [0, 0.05) is 30.8 Å². The van der Waals surface area contributed by atoms with Gasteiger partial charge in [-0.15, -0.1) is 0 Å². The van der Waals surface area contributed by atoms with E-state index in [2.05, 4.69) is 0 Å². The van der Waals surface area contributed by atoms with Gasteiger partial charge >= 0.3 is 0 Å². The third-order valence-corrected chi connectivity index (χ3v) is 3.05. The van der Waals surface area contributed by atoms with Crippen molar-refractivity contribution in [2.24, 2.45) is 0 Å². The largest absolute Gasteiger partial charge is 0.755 e. The number of nitrogen functional groups attached to an aromatic ring is 1. The average molecular weight is 227 g/mol. The monoisotopic (exact) mass is 227 g/mol. The highest BCUT2D eigenvalue weighted by atomic mass is 32.2. The van der Waals surface area contributed by atoms with Crippen LogP contribution in [-0.2, 0) is 17.7 Å². The van der Waals surface area contributed by atoms with Gasteiger partial charge in [0.05, 0.1) is 18.0 Å². The summed E-state index contributed by atoms with van der Waals surface area (Å²) >= 11 is -2.31. The lowest BCUT2D eigenvalue weighted by atomic mass is 10.1. The number of anilines is 2. The number of hydrogen-bond donors (Lipinski definition) is 1. The van der Waals surface area contributed by atoms with Crippen LogP contribution in [0.5, 0.6) is 5.75 Å². The summed E-state index contributed by atoms with van der Waals surface area (Å²) in [6.07, 6.45) is 0.794. The zero-order valence-corrected chi connectivity index (χ0v) is 9.04. The second kappa shape index (κ2) is 3.71. The minimum atomic E-state index is -2.31. The SMILES string of the molecule is CN(c1cc2c(cc1N)OCC2)S(=O)[O-]. The maximum atomic E-state index is 10.8. The molecule has 0 amide bonds. The van der Waals surface area contributed by atoms with E-state index in [4.69, 9.17) is 10.5 Å². The van der Waals surface area contributed by atoms with Crippen LogP contribution in [0.1, 0.15) is 5.56 Å². The van der Waals surface area contributed by atoms with Gasteiger partial charge in [0.2, 0.25) is 0 Å². The molecule has 1 atom stereocenters. The number of rotatable bonds is 2. The molecule has 0 aromatic heterocycles. The zero-order valence-electron chi connectivity index (χ0n) is 8.23. The molecule has 1 aliphatic rings. The first-order valence-corrected chi connectivity index (χ1v) is 5.51. The molecule has 1 heterocycles. The van der Waals surface area contributed by atoms with Gasteiger partial charge < -0.3 is 19.3 Å². The molecule has 0 bridgehead atoms. The molecule has 0 radical (unpaired) electrons. The van der Waals surface area contributed by atoms with E-state index in [1.807, 2.05) is 0 Å². The fourth-order valence-corrected chi connectivity index (χ4v) is 1.90. The fraction of sp³-hybridized carbons (Fsp3) is 0.333. The standard InChI is InChI=1S/C9H12N2O3S/c1-11(15(12)13)8-4-6-2-3-14-9(6)5-7(8)10/h4-5H,2-3,10H2,1H3,(H,12,13)/p-1. The Kier molecular flexibility index (Phi) is 2.54. The van der Waals surface area contributed by atoms with E-state index in [1.54, 1.807) is 12.1 Å². The van der Waals surface area contributed by atoms with E-state index in [-0.39, 0.29) is 0 Å². The Balaban J connectivity index is 2.44. The molecule has 0 saturated heterocycles. The van der Waals surface area contributed by atoms with Gasteiger partial charge in [-0.05, 0) is 11.6 Å². The molecule has 82 valence electrons. The van der Waals surface area contributed by atoms with Crippen molar-refractivity contribution in [1.82, 2.24) is 0 Å². The highest BCUT2D eigenvalue weighted by Gasteiger charge is 2.16. The highest BCUT2D eigenvalue weighted by Crippen LogP contribution is 2.34. The molecule has 0 spiro atoms. The zero-order chi connectivity index (χ0) is 11.0. The van der Waals surface area contributed by atoms with E-state index in [9.17, 15) is 8.76 Å². The van der Waals surface area contributed by atoms with Crippen LogP contribution in [0.4, 0.5) is 11.4 Å². The van der Waals surface area contributed by atoms with Gasteiger partial charge in [-0.2, -0.15) is 0 Å². The lowest BCUT2D eigenvalue weighted by Crippen LogP contribution is -2.20. The van der Waals surface area contributed by atoms with Gasteiger partial charge in [0.25, 0.3) is 0 Å². The van der Waals surface area contributed by atoms with Crippen molar-refractivity contribution in [1.29, 1.82) is 0 Å². The maximum Gasteiger partial charge on any atom is 0.124 e. The van der Waals surface area contributed by atoms with E-state index in [0.717, 1.165) is 22.0 Å². The summed E-state index contributed by atoms with van der Waals surface area (Å²) in [7, 11) is 1.46. The Labute approximate surface area is 90.2 Å². The third kappa shape index (κ3) is 1.78. The maximum absolute atomic E-state index is 10.8. The molecular formula is C9H11N2O3S-. The minimum absolute atomic E-state index is 0.405. The minimum Gasteiger partial charge on any atom is -0.755 e. The summed E-state index contributed by atoms with van der Waals surface area (Å²) in [6.45, 7) is 0.627. The smallest absolute Gasteiger partial charge is 0.124 e. The molecule has 1 unspecified atom stereocenters. The molecule has 15 heavy (non-hydrogen) atoms.